The van der Waals surface area contributed by atoms with Gasteiger partial charge in [0, 0.05) is 31.6 Å². The highest BCUT2D eigenvalue weighted by atomic mass is 32.1. The van der Waals surface area contributed by atoms with Crippen molar-refractivity contribution in [3.8, 4) is 22.0 Å². The van der Waals surface area contributed by atoms with Crippen LogP contribution in [0.3, 0.4) is 0 Å². The first-order valence-corrected chi connectivity index (χ1v) is 10.6. The van der Waals surface area contributed by atoms with Gasteiger partial charge in [-0.2, -0.15) is 0 Å². The molecule has 1 aliphatic heterocycles. The third kappa shape index (κ3) is 3.81. The second-order valence-corrected chi connectivity index (χ2v) is 8.25. The number of halogens is 1. The second-order valence-electron chi connectivity index (χ2n) is 7.30. The quantitative estimate of drug-likeness (QED) is 0.538. The molecule has 0 saturated carbocycles. The van der Waals surface area contributed by atoms with Gasteiger partial charge >= 0.3 is 0 Å². The van der Waals surface area contributed by atoms with Gasteiger partial charge in [-0.3, -0.25) is 14.7 Å². The summed E-state index contributed by atoms with van der Waals surface area (Å²) in [5, 5.41) is 1.98. The molecule has 0 spiro atoms. The van der Waals surface area contributed by atoms with Gasteiger partial charge in [0.1, 0.15) is 5.82 Å². The molecule has 3 aromatic heterocycles. The number of thiophene rings is 1. The molecule has 1 N–H and O–H groups in total. The molecule has 7 heteroatoms. The summed E-state index contributed by atoms with van der Waals surface area (Å²) in [6.45, 7) is 2.00. The monoisotopic (exact) mass is 418 g/mol. The smallest absolute Gasteiger partial charge is 0.255 e. The van der Waals surface area contributed by atoms with Gasteiger partial charge in [0.2, 0.25) is 0 Å². The molecule has 1 aromatic carbocycles. The van der Waals surface area contributed by atoms with E-state index < -0.39 is 0 Å². The van der Waals surface area contributed by atoms with E-state index in [1.165, 1.54) is 12.1 Å². The normalized spacial score (nSPS) is 13.9. The zero-order chi connectivity index (χ0) is 20.5. The molecule has 150 valence electrons. The lowest BCUT2D eigenvalue weighted by molar-refractivity contribution is 0.239. The maximum absolute atomic E-state index is 13.2. The van der Waals surface area contributed by atoms with Crippen molar-refractivity contribution in [2.45, 2.75) is 19.5 Å². The van der Waals surface area contributed by atoms with Crippen LogP contribution in [0.25, 0.3) is 22.0 Å². The predicted octanol–water partition coefficient (Wildman–Crippen LogP) is 4.26. The van der Waals surface area contributed by atoms with Gasteiger partial charge in [-0.1, -0.05) is 12.1 Å². The molecule has 30 heavy (non-hydrogen) atoms. The number of fused-ring (bicyclic) bond motifs is 1. The van der Waals surface area contributed by atoms with Crippen molar-refractivity contribution in [2.75, 3.05) is 6.54 Å². The molecule has 0 saturated heterocycles. The van der Waals surface area contributed by atoms with Crippen LogP contribution in [-0.2, 0) is 19.5 Å². The Labute approximate surface area is 176 Å². The number of aromatic nitrogens is 3. The summed E-state index contributed by atoms with van der Waals surface area (Å²) in [6.07, 6.45) is 0.731. The van der Waals surface area contributed by atoms with Gasteiger partial charge in [-0.25, -0.2) is 9.37 Å². The van der Waals surface area contributed by atoms with E-state index in [-0.39, 0.29) is 11.4 Å². The van der Waals surface area contributed by atoms with Crippen molar-refractivity contribution in [2.24, 2.45) is 0 Å². The zero-order valence-electron chi connectivity index (χ0n) is 16.1. The van der Waals surface area contributed by atoms with Crippen molar-refractivity contribution in [1.29, 1.82) is 0 Å². The lowest BCUT2D eigenvalue weighted by Gasteiger charge is -2.27. The zero-order valence-corrected chi connectivity index (χ0v) is 17.0. The number of pyridine rings is 1. The van der Waals surface area contributed by atoms with Crippen LogP contribution in [0, 0.1) is 5.82 Å². The fourth-order valence-electron chi connectivity index (χ4n) is 3.72. The molecular weight excluding hydrogens is 399 g/mol. The Morgan fingerprint density at radius 2 is 1.93 bits per heavy atom. The number of hydrogen-bond donors (Lipinski definition) is 1. The van der Waals surface area contributed by atoms with Crippen molar-refractivity contribution in [1.82, 2.24) is 19.9 Å². The Morgan fingerprint density at radius 3 is 2.73 bits per heavy atom. The lowest BCUT2D eigenvalue weighted by atomic mass is 10.1. The number of nitrogens with one attached hydrogen (secondary N) is 1. The number of nitrogens with zero attached hydrogens (tertiary/aromatic N) is 3. The summed E-state index contributed by atoms with van der Waals surface area (Å²) in [7, 11) is 0. The summed E-state index contributed by atoms with van der Waals surface area (Å²) in [5.74, 6) is 0.388. The molecule has 0 bridgehead atoms. The summed E-state index contributed by atoms with van der Waals surface area (Å²) in [6, 6.07) is 16.1. The number of rotatable bonds is 4. The third-order valence-electron chi connectivity index (χ3n) is 5.23. The Kier molecular flexibility index (Phi) is 4.98. The SMILES string of the molecule is O=c1[nH]c(-c2cccs2)nc2c1CN(Cc1cccc(-c3ccc(F)cc3)n1)CC2. The largest absolute Gasteiger partial charge is 0.306 e. The van der Waals surface area contributed by atoms with E-state index in [0.29, 0.717) is 18.9 Å². The first-order chi connectivity index (χ1) is 14.7. The first-order valence-electron chi connectivity index (χ1n) is 9.76. The molecule has 0 aliphatic carbocycles. The first kappa shape index (κ1) is 18.8. The van der Waals surface area contributed by atoms with Crippen molar-refractivity contribution < 1.29 is 4.39 Å². The molecule has 5 rings (SSSR count). The highest BCUT2D eigenvalue weighted by Gasteiger charge is 2.22. The maximum Gasteiger partial charge on any atom is 0.255 e. The molecule has 0 atom stereocenters. The standard InChI is InChI=1S/C23H19FN4OS/c24-16-8-6-15(7-9-16)19-4-1-3-17(25-19)13-28-11-10-20-18(14-28)23(29)27-22(26-20)21-5-2-12-30-21/h1-9,12H,10-11,13-14H2,(H,26,27,29). The molecule has 0 amide bonds. The van der Waals surface area contributed by atoms with E-state index >= 15 is 0 Å². The molecule has 4 aromatic rings. The molecule has 5 nitrogen and oxygen atoms in total. The third-order valence-corrected chi connectivity index (χ3v) is 6.11. The molecular formula is C23H19FN4OS. The maximum atomic E-state index is 13.2. The average molecular weight is 418 g/mol. The molecule has 0 radical (unpaired) electrons. The van der Waals surface area contributed by atoms with E-state index in [1.807, 2.05) is 35.7 Å². The van der Waals surface area contributed by atoms with Crippen LogP contribution >= 0.6 is 11.3 Å². The van der Waals surface area contributed by atoms with Crippen molar-refractivity contribution in [3.05, 3.63) is 93.1 Å². The minimum Gasteiger partial charge on any atom is -0.306 e. The van der Waals surface area contributed by atoms with Gasteiger partial charge in [0.25, 0.3) is 5.56 Å². The molecule has 1 aliphatic rings. The Hall–Kier alpha value is -3.16. The Morgan fingerprint density at radius 1 is 1.07 bits per heavy atom. The van der Waals surface area contributed by atoms with Gasteiger partial charge in [0.15, 0.2) is 5.82 Å². The van der Waals surface area contributed by atoms with E-state index in [0.717, 1.165) is 46.1 Å². The lowest BCUT2D eigenvalue weighted by Crippen LogP contribution is -2.35. The van der Waals surface area contributed by atoms with Gasteiger partial charge < -0.3 is 4.98 Å². The van der Waals surface area contributed by atoms with Crippen LogP contribution in [-0.4, -0.2) is 26.4 Å². The molecule has 4 heterocycles. The van der Waals surface area contributed by atoms with Crippen LogP contribution in [0.5, 0.6) is 0 Å². The van der Waals surface area contributed by atoms with Crippen LogP contribution < -0.4 is 5.56 Å². The van der Waals surface area contributed by atoms with E-state index in [1.54, 1.807) is 23.5 Å². The number of aromatic amines is 1. The summed E-state index contributed by atoms with van der Waals surface area (Å²) >= 11 is 1.57. The van der Waals surface area contributed by atoms with Crippen LogP contribution in [0.1, 0.15) is 17.0 Å². The van der Waals surface area contributed by atoms with Gasteiger partial charge in [0.05, 0.1) is 27.5 Å². The minimum absolute atomic E-state index is 0.0684. The van der Waals surface area contributed by atoms with E-state index in [4.69, 9.17) is 9.97 Å². The summed E-state index contributed by atoms with van der Waals surface area (Å²) < 4.78 is 13.2. The summed E-state index contributed by atoms with van der Waals surface area (Å²) in [5.41, 5.74) is 4.15. The van der Waals surface area contributed by atoms with E-state index in [9.17, 15) is 9.18 Å². The average Bonchev–Trinajstić information content (AvgIpc) is 3.30. The highest BCUT2D eigenvalue weighted by molar-refractivity contribution is 7.13. The number of H-pyrrole nitrogens is 1. The van der Waals surface area contributed by atoms with Crippen molar-refractivity contribution >= 4 is 11.3 Å². The number of benzene rings is 1. The summed E-state index contributed by atoms with van der Waals surface area (Å²) in [4.78, 5) is 28.2. The number of hydrogen-bond acceptors (Lipinski definition) is 5. The highest BCUT2D eigenvalue weighted by Crippen LogP contribution is 2.23. The van der Waals surface area contributed by atoms with Crippen molar-refractivity contribution in [3.63, 3.8) is 0 Å². The van der Waals surface area contributed by atoms with E-state index in [2.05, 4.69) is 9.88 Å². The van der Waals surface area contributed by atoms with Gasteiger partial charge in [-0.05, 0) is 47.8 Å². The van der Waals surface area contributed by atoms with Crippen LogP contribution in [0.4, 0.5) is 4.39 Å². The second kappa shape index (κ2) is 7.93. The predicted molar refractivity (Wildman–Crippen MR) is 116 cm³/mol. The molecule has 0 unspecified atom stereocenters. The Bertz CT molecular complexity index is 1240. The fraction of sp³-hybridized carbons (Fsp3) is 0.174. The van der Waals surface area contributed by atoms with Gasteiger partial charge in [-0.15, -0.1) is 11.3 Å². The molecule has 0 fully saturated rings. The topological polar surface area (TPSA) is 61.9 Å². The minimum atomic E-state index is -0.261. The van der Waals surface area contributed by atoms with Crippen LogP contribution in [0.15, 0.2) is 64.8 Å². The fourth-order valence-corrected chi connectivity index (χ4v) is 4.39. The Balaban J connectivity index is 1.35. The van der Waals surface area contributed by atoms with Crippen LogP contribution in [0.2, 0.25) is 0 Å².